The summed E-state index contributed by atoms with van der Waals surface area (Å²) >= 11 is 0. The number of nitrogens with zero attached hydrogens (tertiary/aromatic N) is 3. The Morgan fingerprint density at radius 3 is 2.68 bits per heavy atom. The Bertz CT molecular complexity index is 705. The van der Waals surface area contributed by atoms with E-state index in [0.29, 0.717) is 23.4 Å². The third-order valence-electron chi connectivity index (χ3n) is 2.90. The number of hydrogen-bond acceptors (Lipinski definition) is 5. The van der Waals surface area contributed by atoms with Crippen molar-refractivity contribution in [3.8, 4) is 5.75 Å². The average Bonchev–Trinajstić information content (AvgIpc) is 2.84. The van der Waals surface area contributed by atoms with E-state index in [0.717, 1.165) is 17.1 Å². The van der Waals surface area contributed by atoms with Gasteiger partial charge in [-0.15, -0.1) is 0 Å². The van der Waals surface area contributed by atoms with Crippen LogP contribution < -0.4 is 10.5 Å². The molecule has 0 bridgehead atoms. The number of methoxy groups -OCH3 is 1. The average molecular weight is 255 g/mol. The molecule has 0 aliphatic rings. The van der Waals surface area contributed by atoms with Crippen molar-refractivity contribution < 1.29 is 4.74 Å². The first kappa shape index (κ1) is 11.5. The highest BCUT2D eigenvalue weighted by Crippen LogP contribution is 2.17. The number of ether oxygens (including phenoxy) is 1. The summed E-state index contributed by atoms with van der Waals surface area (Å²) < 4.78 is 5.12. The number of benzene rings is 1. The van der Waals surface area contributed by atoms with Gasteiger partial charge in [0.2, 0.25) is 0 Å². The molecule has 0 amide bonds. The molecule has 3 aromatic rings. The highest BCUT2D eigenvalue weighted by atomic mass is 16.5. The zero-order valence-electron chi connectivity index (χ0n) is 10.4. The predicted molar refractivity (Wildman–Crippen MR) is 71.9 cm³/mol. The second-order valence-electron chi connectivity index (χ2n) is 4.17. The van der Waals surface area contributed by atoms with E-state index in [1.165, 1.54) is 6.33 Å². The van der Waals surface area contributed by atoms with Crippen LogP contribution in [0.25, 0.3) is 11.2 Å². The normalized spacial score (nSPS) is 10.8. The van der Waals surface area contributed by atoms with Crippen molar-refractivity contribution in [3.63, 3.8) is 0 Å². The summed E-state index contributed by atoms with van der Waals surface area (Å²) in [6.07, 6.45) is 2.09. The molecule has 0 radical (unpaired) electrons. The van der Waals surface area contributed by atoms with Gasteiger partial charge in [-0.05, 0) is 17.7 Å². The molecule has 6 heteroatoms. The summed E-state index contributed by atoms with van der Waals surface area (Å²) in [4.78, 5) is 15.5. The Kier molecular flexibility index (Phi) is 2.75. The third kappa shape index (κ3) is 2.20. The number of hydrogen-bond donors (Lipinski definition) is 2. The molecular weight excluding hydrogens is 242 g/mol. The lowest BCUT2D eigenvalue weighted by Gasteiger charge is -2.01. The van der Waals surface area contributed by atoms with Crippen LogP contribution in [0.5, 0.6) is 5.75 Å². The number of rotatable bonds is 3. The molecule has 0 saturated heterocycles. The van der Waals surface area contributed by atoms with Crippen LogP contribution in [0.4, 0.5) is 5.82 Å². The lowest BCUT2D eigenvalue weighted by atomic mass is 10.1. The van der Waals surface area contributed by atoms with Crippen LogP contribution in [0.3, 0.4) is 0 Å². The van der Waals surface area contributed by atoms with Gasteiger partial charge in [0.1, 0.15) is 23.4 Å². The van der Waals surface area contributed by atoms with E-state index in [-0.39, 0.29) is 0 Å². The van der Waals surface area contributed by atoms with E-state index in [1.54, 1.807) is 7.11 Å². The first-order valence-corrected chi connectivity index (χ1v) is 5.84. The SMILES string of the molecule is COc1ccc(Cc2nc3ncnc(N)c3[nH]2)cc1. The number of H-pyrrole nitrogens is 1. The van der Waals surface area contributed by atoms with Crippen molar-refractivity contribution in [2.75, 3.05) is 12.8 Å². The molecule has 96 valence electrons. The molecule has 0 atom stereocenters. The van der Waals surface area contributed by atoms with E-state index in [4.69, 9.17) is 10.5 Å². The number of aromatic nitrogens is 4. The topological polar surface area (TPSA) is 89.7 Å². The number of fused-ring (bicyclic) bond motifs is 1. The smallest absolute Gasteiger partial charge is 0.183 e. The van der Waals surface area contributed by atoms with Crippen LogP contribution in [0.2, 0.25) is 0 Å². The fraction of sp³-hybridized carbons (Fsp3) is 0.154. The first-order chi connectivity index (χ1) is 9.26. The molecule has 0 aliphatic carbocycles. The number of nitrogens with two attached hydrogens (primary N) is 1. The van der Waals surface area contributed by atoms with Gasteiger partial charge < -0.3 is 15.5 Å². The maximum absolute atomic E-state index is 5.76. The highest BCUT2D eigenvalue weighted by molar-refractivity contribution is 5.81. The van der Waals surface area contributed by atoms with Crippen molar-refractivity contribution in [3.05, 3.63) is 42.0 Å². The summed E-state index contributed by atoms with van der Waals surface area (Å²) in [7, 11) is 1.65. The van der Waals surface area contributed by atoms with Crippen molar-refractivity contribution in [1.82, 2.24) is 19.9 Å². The first-order valence-electron chi connectivity index (χ1n) is 5.84. The Balaban J connectivity index is 1.90. The summed E-state index contributed by atoms with van der Waals surface area (Å²) in [6.45, 7) is 0. The summed E-state index contributed by atoms with van der Waals surface area (Å²) in [5.41, 5.74) is 8.17. The number of aromatic amines is 1. The molecule has 2 aromatic heterocycles. The van der Waals surface area contributed by atoms with Crippen LogP contribution in [-0.4, -0.2) is 27.0 Å². The zero-order valence-corrected chi connectivity index (χ0v) is 10.4. The Morgan fingerprint density at radius 2 is 2.00 bits per heavy atom. The Hall–Kier alpha value is -2.63. The van der Waals surface area contributed by atoms with Gasteiger partial charge >= 0.3 is 0 Å². The van der Waals surface area contributed by atoms with Gasteiger partial charge in [0.25, 0.3) is 0 Å². The molecule has 3 rings (SSSR count). The zero-order chi connectivity index (χ0) is 13.2. The molecule has 0 spiro atoms. The van der Waals surface area contributed by atoms with Gasteiger partial charge in [0, 0.05) is 6.42 Å². The monoisotopic (exact) mass is 255 g/mol. The molecular formula is C13H13N5O. The lowest BCUT2D eigenvalue weighted by molar-refractivity contribution is 0.414. The Morgan fingerprint density at radius 1 is 1.21 bits per heavy atom. The number of nitrogens with one attached hydrogen (secondary N) is 1. The number of anilines is 1. The molecule has 0 unspecified atom stereocenters. The summed E-state index contributed by atoms with van der Waals surface area (Å²) in [5, 5.41) is 0. The fourth-order valence-electron chi connectivity index (χ4n) is 1.91. The predicted octanol–water partition coefficient (Wildman–Crippen LogP) is 1.53. The van der Waals surface area contributed by atoms with Crippen LogP contribution in [-0.2, 0) is 6.42 Å². The standard InChI is InChI=1S/C13H13N5O/c1-19-9-4-2-8(3-5-9)6-10-17-11-12(14)15-7-16-13(11)18-10/h2-5,7H,6H2,1H3,(H3,14,15,16,17,18). The minimum absolute atomic E-state index is 0.415. The van der Waals surface area contributed by atoms with Crippen molar-refractivity contribution in [1.29, 1.82) is 0 Å². The van der Waals surface area contributed by atoms with Crippen LogP contribution in [0, 0.1) is 0 Å². The highest BCUT2D eigenvalue weighted by Gasteiger charge is 2.07. The van der Waals surface area contributed by atoms with Crippen molar-refractivity contribution in [2.45, 2.75) is 6.42 Å². The second-order valence-corrected chi connectivity index (χ2v) is 4.17. The van der Waals surface area contributed by atoms with Gasteiger partial charge in [-0.1, -0.05) is 12.1 Å². The van der Waals surface area contributed by atoms with E-state index in [2.05, 4.69) is 19.9 Å². The van der Waals surface area contributed by atoms with E-state index >= 15 is 0 Å². The van der Waals surface area contributed by atoms with E-state index in [9.17, 15) is 0 Å². The lowest BCUT2D eigenvalue weighted by Crippen LogP contribution is -1.92. The van der Waals surface area contributed by atoms with Gasteiger partial charge in [-0.3, -0.25) is 0 Å². The van der Waals surface area contributed by atoms with Crippen molar-refractivity contribution in [2.24, 2.45) is 0 Å². The summed E-state index contributed by atoms with van der Waals surface area (Å²) in [5.74, 6) is 2.06. The minimum atomic E-state index is 0.415. The van der Waals surface area contributed by atoms with Gasteiger partial charge in [0.15, 0.2) is 11.5 Å². The molecule has 19 heavy (non-hydrogen) atoms. The quantitative estimate of drug-likeness (QED) is 0.740. The van der Waals surface area contributed by atoms with Gasteiger partial charge in [0.05, 0.1) is 7.11 Å². The van der Waals surface area contributed by atoms with E-state index in [1.807, 2.05) is 24.3 Å². The summed E-state index contributed by atoms with van der Waals surface area (Å²) in [6, 6.07) is 7.85. The minimum Gasteiger partial charge on any atom is -0.497 e. The molecule has 6 nitrogen and oxygen atoms in total. The van der Waals surface area contributed by atoms with E-state index < -0.39 is 0 Å². The third-order valence-corrected chi connectivity index (χ3v) is 2.90. The van der Waals surface area contributed by atoms with Gasteiger partial charge in [-0.25, -0.2) is 15.0 Å². The van der Waals surface area contributed by atoms with Crippen molar-refractivity contribution >= 4 is 17.0 Å². The molecule has 0 aliphatic heterocycles. The Labute approximate surface area is 109 Å². The molecule has 2 heterocycles. The van der Waals surface area contributed by atoms with Crippen LogP contribution in [0.15, 0.2) is 30.6 Å². The number of imidazole rings is 1. The maximum Gasteiger partial charge on any atom is 0.183 e. The van der Waals surface area contributed by atoms with Crippen LogP contribution >= 0.6 is 0 Å². The second kappa shape index (κ2) is 4.56. The molecule has 3 N–H and O–H groups in total. The molecule has 1 aromatic carbocycles. The molecule has 0 fully saturated rings. The largest absolute Gasteiger partial charge is 0.497 e. The molecule has 0 saturated carbocycles. The van der Waals surface area contributed by atoms with Gasteiger partial charge in [-0.2, -0.15) is 0 Å². The maximum atomic E-state index is 5.76. The fourth-order valence-corrected chi connectivity index (χ4v) is 1.91. The number of nitrogen functional groups attached to an aromatic ring is 1. The van der Waals surface area contributed by atoms with Crippen LogP contribution in [0.1, 0.15) is 11.4 Å².